The number of rotatable bonds is 19. The van der Waals surface area contributed by atoms with Crippen LogP contribution in [-0.4, -0.2) is 16.2 Å². The second kappa shape index (κ2) is 17.7. The second-order valence-corrected chi connectivity index (χ2v) is 13.4. The van der Waals surface area contributed by atoms with E-state index < -0.39 is 11.4 Å². The third-order valence-corrected chi connectivity index (χ3v) is 7.62. The largest absolute Gasteiger partial charge is 0.508 e. The molecule has 0 aliphatic heterocycles. The Morgan fingerprint density at radius 3 is 1.45 bits per heavy atom. The van der Waals surface area contributed by atoms with Crippen LogP contribution < -0.4 is 0 Å². The topological polar surface area (TPSA) is 57.5 Å². The molecule has 0 fully saturated rings. The number of aromatic hydroxyl groups is 1. The molecule has 3 heteroatoms. The van der Waals surface area contributed by atoms with Gasteiger partial charge in [-0.05, 0) is 52.5 Å². The van der Waals surface area contributed by atoms with Crippen molar-refractivity contribution in [2.75, 3.05) is 0 Å². The predicted molar refractivity (Wildman–Crippen MR) is 165 cm³/mol. The molecule has 1 aromatic rings. The molecule has 0 atom stereocenters. The van der Waals surface area contributed by atoms with E-state index in [9.17, 15) is 15.0 Å². The molecule has 3 nitrogen and oxygen atoms in total. The summed E-state index contributed by atoms with van der Waals surface area (Å²) in [4.78, 5) is 12.4. The minimum Gasteiger partial charge on any atom is -0.508 e. The number of hydrogen-bond donors (Lipinski definition) is 2. The van der Waals surface area contributed by atoms with Gasteiger partial charge in [-0.25, -0.2) is 4.79 Å². The lowest BCUT2D eigenvalue weighted by atomic mass is 9.71. The van der Waals surface area contributed by atoms with Crippen molar-refractivity contribution in [1.82, 2.24) is 0 Å². The summed E-state index contributed by atoms with van der Waals surface area (Å²) in [6.07, 6.45) is 22.4. The Morgan fingerprint density at radius 1 is 0.658 bits per heavy atom. The molecule has 0 heterocycles. The maximum atomic E-state index is 12.4. The van der Waals surface area contributed by atoms with Gasteiger partial charge in [0, 0.05) is 5.57 Å². The zero-order valence-corrected chi connectivity index (χ0v) is 26.1. The number of carbonyl (C=O) groups is 1. The Labute approximate surface area is 235 Å². The van der Waals surface area contributed by atoms with E-state index in [1.54, 1.807) is 6.07 Å². The molecule has 218 valence electrons. The van der Waals surface area contributed by atoms with Gasteiger partial charge in [0.15, 0.2) is 0 Å². The van der Waals surface area contributed by atoms with Crippen molar-refractivity contribution >= 4 is 11.5 Å². The zero-order chi connectivity index (χ0) is 28.6. The van der Waals surface area contributed by atoms with Crippen molar-refractivity contribution < 1.29 is 15.0 Å². The number of hydrogen-bond acceptors (Lipinski definition) is 2. The maximum Gasteiger partial charge on any atom is 0.332 e. The van der Waals surface area contributed by atoms with Crippen LogP contribution in [0.1, 0.15) is 162 Å². The van der Waals surface area contributed by atoms with Crippen molar-refractivity contribution in [2.45, 2.75) is 158 Å². The molecular formula is C35H60O3. The molecule has 1 aromatic carbocycles. The van der Waals surface area contributed by atoms with Gasteiger partial charge in [-0.3, -0.25) is 0 Å². The number of benzene rings is 1. The molecule has 0 aromatic heterocycles. The molecule has 0 aliphatic carbocycles. The number of unbranched alkanes of at least 4 members (excludes halogenated alkanes) is 15. The highest BCUT2D eigenvalue weighted by Crippen LogP contribution is 2.44. The number of aliphatic carboxylic acids is 1. The number of aryl methyl sites for hydroxylation is 1. The van der Waals surface area contributed by atoms with E-state index in [-0.39, 0.29) is 11.2 Å². The Kier molecular flexibility index (Phi) is 16.0. The summed E-state index contributed by atoms with van der Waals surface area (Å²) < 4.78 is 0. The average molecular weight is 529 g/mol. The second-order valence-electron chi connectivity index (χ2n) is 13.4. The molecule has 38 heavy (non-hydrogen) atoms. The summed E-state index contributed by atoms with van der Waals surface area (Å²) in [7, 11) is 0. The number of carboxylic acids is 1. The summed E-state index contributed by atoms with van der Waals surface area (Å²) in [5, 5.41) is 20.4. The Hall–Kier alpha value is -1.77. The highest BCUT2D eigenvalue weighted by Gasteiger charge is 2.34. The van der Waals surface area contributed by atoms with Crippen molar-refractivity contribution in [1.29, 1.82) is 0 Å². The van der Waals surface area contributed by atoms with Gasteiger partial charge < -0.3 is 10.2 Å². The third kappa shape index (κ3) is 13.3. The predicted octanol–water partition coefficient (Wildman–Crippen LogP) is 11.1. The van der Waals surface area contributed by atoms with Gasteiger partial charge in [0.05, 0.1) is 0 Å². The van der Waals surface area contributed by atoms with Crippen molar-refractivity contribution in [3.63, 3.8) is 0 Å². The number of phenolic OH excluding ortho intramolecular Hbond substituents is 1. The molecule has 0 amide bonds. The van der Waals surface area contributed by atoms with E-state index in [1.165, 1.54) is 96.3 Å². The van der Waals surface area contributed by atoms with Gasteiger partial charge in [0.1, 0.15) is 5.75 Å². The van der Waals surface area contributed by atoms with Crippen LogP contribution >= 0.6 is 0 Å². The van der Waals surface area contributed by atoms with Gasteiger partial charge in [-0.15, -0.1) is 0 Å². The summed E-state index contributed by atoms with van der Waals surface area (Å²) in [5.41, 5.74) is 2.55. The SMILES string of the molecule is CCCCCCCCCCCCCCCCCCc1cc(O)ccc1C(=C(C(=O)O)C(C)(C)C)C(C)(C)C. The molecule has 2 N–H and O–H groups in total. The molecule has 0 saturated carbocycles. The van der Waals surface area contributed by atoms with E-state index in [1.807, 2.05) is 32.9 Å². The number of carboxylic acid groups (broad SMARTS) is 1. The molecule has 0 bridgehead atoms. The van der Waals surface area contributed by atoms with Crippen LogP contribution in [0.25, 0.3) is 5.57 Å². The molecule has 1 rings (SSSR count). The zero-order valence-electron chi connectivity index (χ0n) is 26.1. The summed E-state index contributed by atoms with van der Waals surface area (Å²) >= 11 is 0. The van der Waals surface area contributed by atoms with E-state index in [2.05, 4.69) is 27.7 Å². The molecule has 0 radical (unpaired) electrons. The highest BCUT2D eigenvalue weighted by atomic mass is 16.4. The first-order valence-corrected chi connectivity index (χ1v) is 15.7. The first kappa shape index (κ1) is 34.3. The number of allylic oxidation sites excluding steroid dienone is 1. The van der Waals surface area contributed by atoms with E-state index in [4.69, 9.17) is 0 Å². The summed E-state index contributed by atoms with van der Waals surface area (Å²) in [5.74, 6) is -0.606. The Balaban J connectivity index is 2.52. The van der Waals surface area contributed by atoms with Gasteiger partial charge in [0.2, 0.25) is 0 Å². The first-order valence-electron chi connectivity index (χ1n) is 15.7. The van der Waals surface area contributed by atoms with E-state index >= 15 is 0 Å². The fourth-order valence-corrected chi connectivity index (χ4v) is 5.61. The molecule has 0 spiro atoms. The number of phenols is 1. The lowest BCUT2D eigenvalue weighted by Crippen LogP contribution is -2.25. The van der Waals surface area contributed by atoms with Crippen LogP contribution in [0.5, 0.6) is 5.75 Å². The monoisotopic (exact) mass is 528 g/mol. The van der Waals surface area contributed by atoms with Crippen LogP contribution in [0, 0.1) is 10.8 Å². The van der Waals surface area contributed by atoms with Crippen molar-refractivity contribution in [3.05, 3.63) is 34.9 Å². The van der Waals surface area contributed by atoms with Crippen molar-refractivity contribution in [3.8, 4) is 5.75 Å². The van der Waals surface area contributed by atoms with Crippen LogP contribution in [0.15, 0.2) is 23.8 Å². The normalized spacial score (nSPS) is 13.0. The van der Waals surface area contributed by atoms with E-state index in [0.29, 0.717) is 5.57 Å². The van der Waals surface area contributed by atoms with Crippen LogP contribution in [0.4, 0.5) is 0 Å². The third-order valence-electron chi connectivity index (χ3n) is 7.62. The van der Waals surface area contributed by atoms with Crippen molar-refractivity contribution in [2.24, 2.45) is 10.8 Å². The van der Waals surface area contributed by atoms with Gasteiger partial charge in [-0.1, -0.05) is 151 Å². The Bertz CT molecular complexity index is 836. The quantitative estimate of drug-likeness (QED) is 0.139. The minimum atomic E-state index is -0.858. The van der Waals surface area contributed by atoms with Gasteiger partial charge >= 0.3 is 5.97 Å². The average Bonchev–Trinajstić information content (AvgIpc) is 2.81. The Morgan fingerprint density at radius 2 is 1.08 bits per heavy atom. The van der Waals surface area contributed by atoms with Crippen LogP contribution in [0.3, 0.4) is 0 Å². The van der Waals surface area contributed by atoms with Gasteiger partial charge in [0.25, 0.3) is 0 Å². The fourth-order valence-electron chi connectivity index (χ4n) is 5.61. The lowest BCUT2D eigenvalue weighted by Gasteiger charge is -2.32. The first-order chi connectivity index (χ1) is 17.9. The summed E-state index contributed by atoms with van der Waals surface area (Å²) in [6.45, 7) is 14.4. The maximum absolute atomic E-state index is 12.4. The van der Waals surface area contributed by atoms with Crippen LogP contribution in [0.2, 0.25) is 0 Å². The smallest absolute Gasteiger partial charge is 0.332 e. The molecule has 0 saturated heterocycles. The minimum absolute atomic E-state index is 0.251. The van der Waals surface area contributed by atoms with E-state index in [0.717, 1.165) is 29.5 Å². The van der Waals surface area contributed by atoms with Gasteiger partial charge in [-0.2, -0.15) is 0 Å². The highest BCUT2D eigenvalue weighted by molar-refractivity contribution is 5.99. The van der Waals surface area contributed by atoms with Crippen LogP contribution in [-0.2, 0) is 11.2 Å². The fraction of sp³-hybridized carbons (Fsp3) is 0.743. The lowest BCUT2D eigenvalue weighted by molar-refractivity contribution is -0.133. The standard InChI is InChI=1S/C35H60O3/c1-8-9-10-11-12-13-14-15-16-17-18-19-20-21-22-23-24-28-27-29(36)25-26-30(28)31(34(2,3)4)32(33(37)38)35(5,6)7/h25-27,36H,8-24H2,1-7H3,(H,37,38). The molecule has 0 aliphatic rings. The molecule has 0 unspecified atom stereocenters. The summed E-state index contributed by atoms with van der Waals surface area (Å²) in [6, 6.07) is 5.46. The molecular weight excluding hydrogens is 468 g/mol.